The number of benzene rings is 2. The fourth-order valence-corrected chi connectivity index (χ4v) is 4.50. The molecule has 2 rings (SSSR count). The van der Waals surface area contributed by atoms with Crippen molar-refractivity contribution >= 4 is 58.4 Å². The van der Waals surface area contributed by atoms with Crippen molar-refractivity contribution < 1.29 is 9.59 Å². The van der Waals surface area contributed by atoms with Crippen LogP contribution in [0.2, 0.25) is 15.1 Å². The Morgan fingerprint density at radius 3 is 2.17 bits per heavy atom. The summed E-state index contributed by atoms with van der Waals surface area (Å²) in [4.78, 5) is 27.2. The van der Waals surface area contributed by atoms with E-state index < -0.39 is 6.04 Å². The zero-order valence-corrected chi connectivity index (χ0v) is 20.2. The summed E-state index contributed by atoms with van der Waals surface area (Å²) in [5.41, 5.74) is 1.58. The van der Waals surface area contributed by atoms with E-state index >= 15 is 0 Å². The molecule has 0 saturated heterocycles. The maximum atomic E-state index is 13.1. The van der Waals surface area contributed by atoms with E-state index in [0.717, 1.165) is 5.56 Å². The number of amides is 2. The van der Waals surface area contributed by atoms with Crippen molar-refractivity contribution in [2.24, 2.45) is 0 Å². The maximum Gasteiger partial charge on any atom is 0.242 e. The molecule has 0 radical (unpaired) electrons. The highest BCUT2D eigenvalue weighted by atomic mass is 35.5. The van der Waals surface area contributed by atoms with Crippen molar-refractivity contribution in [2.75, 3.05) is 5.75 Å². The van der Waals surface area contributed by atoms with Crippen LogP contribution < -0.4 is 5.32 Å². The molecule has 0 bridgehead atoms. The van der Waals surface area contributed by atoms with Crippen LogP contribution in [0.3, 0.4) is 0 Å². The van der Waals surface area contributed by atoms with Crippen LogP contribution in [0.25, 0.3) is 0 Å². The van der Waals surface area contributed by atoms with Gasteiger partial charge in [-0.05, 0) is 44.5 Å². The van der Waals surface area contributed by atoms with Crippen LogP contribution in [0, 0.1) is 0 Å². The Kier molecular flexibility index (Phi) is 9.82. The zero-order chi connectivity index (χ0) is 22.3. The maximum absolute atomic E-state index is 13.1. The molecule has 0 aliphatic heterocycles. The topological polar surface area (TPSA) is 49.4 Å². The van der Waals surface area contributed by atoms with Gasteiger partial charge in [-0.1, -0.05) is 59.1 Å². The highest BCUT2D eigenvalue weighted by molar-refractivity contribution is 7.99. The molecule has 0 spiro atoms. The predicted molar refractivity (Wildman–Crippen MR) is 127 cm³/mol. The molecule has 0 unspecified atom stereocenters. The number of carbonyl (C=O) groups excluding carboxylic acids is 2. The Morgan fingerprint density at radius 1 is 0.967 bits per heavy atom. The Balaban J connectivity index is 2.16. The first-order valence-electron chi connectivity index (χ1n) is 9.54. The minimum absolute atomic E-state index is 0.0320. The third kappa shape index (κ3) is 7.09. The standard InChI is InChI=1S/C22H25Cl3N2O2S/c1-14(2)26-22(29)15(3)27(11-17-19(24)9-6-10-20(17)25)21(28)13-30-12-16-7-4-5-8-18(16)23/h4-10,14-15H,11-13H2,1-3H3,(H,26,29)/t15-/m1/s1. The second-order valence-corrected chi connectivity index (χ2v) is 9.35. The van der Waals surface area contributed by atoms with Gasteiger partial charge in [0.2, 0.25) is 11.8 Å². The Hall–Kier alpha value is -1.40. The lowest BCUT2D eigenvalue weighted by Gasteiger charge is -2.30. The molecule has 0 saturated carbocycles. The summed E-state index contributed by atoms with van der Waals surface area (Å²) in [7, 11) is 0. The summed E-state index contributed by atoms with van der Waals surface area (Å²) in [6, 6.07) is 12.0. The number of hydrogen-bond acceptors (Lipinski definition) is 3. The van der Waals surface area contributed by atoms with Gasteiger partial charge in [0.05, 0.1) is 5.75 Å². The molecule has 2 amide bonds. The quantitative estimate of drug-likeness (QED) is 0.485. The lowest BCUT2D eigenvalue weighted by Crippen LogP contribution is -2.49. The fourth-order valence-electron chi connectivity index (χ4n) is 2.79. The number of hydrogen-bond donors (Lipinski definition) is 1. The van der Waals surface area contributed by atoms with Gasteiger partial charge in [-0.3, -0.25) is 9.59 Å². The smallest absolute Gasteiger partial charge is 0.242 e. The van der Waals surface area contributed by atoms with E-state index in [2.05, 4.69) is 5.32 Å². The minimum Gasteiger partial charge on any atom is -0.352 e. The van der Waals surface area contributed by atoms with Crippen LogP contribution in [0.4, 0.5) is 0 Å². The number of carbonyl (C=O) groups is 2. The number of halogens is 3. The molecule has 0 aliphatic rings. The first-order valence-corrected chi connectivity index (χ1v) is 11.8. The minimum atomic E-state index is -0.673. The largest absolute Gasteiger partial charge is 0.352 e. The van der Waals surface area contributed by atoms with Crippen LogP contribution in [-0.2, 0) is 21.9 Å². The van der Waals surface area contributed by atoms with Gasteiger partial charge in [0.15, 0.2) is 0 Å². The summed E-state index contributed by atoms with van der Waals surface area (Å²) < 4.78 is 0. The van der Waals surface area contributed by atoms with Gasteiger partial charge < -0.3 is 10.2 Å². The number of nitrogens with zero attached hydrogens (tertiary/aromatic N) is 1. The van der Waals surface area contributed by atoms with Gasteiger partial charge in [0, 0.05) is 39.0 Å². The van der Waals surface area contributed by atoms with Gasteiger partial charge in [-0.25, -0.2) is 0 Å². The van der Waals surface area contributed by atoms with E-state index in [1.165, 1.54) is 16.7 Å². The Morgan fingerprint density at radius 2 is 1.57 bits per heavy atom. The predicted octanol–water partition coefficient (Wildman–Crippen LogP) is 5.82. The van der Waals surface area contributed by atoms with Gasteiger partial charge >= 0.3 is 0 Å². The second-order valence-electron chi connectivity index (χ2n) is 7.15. The van der Waals surface area contributed by atoms with E-state index in [1.54, 1.807) is 25.1 Å². The van der Waals surface area contributed by atoms with Crippen LogP contribution in [-0.4, -0.2) is 34.6 Å². The molecule has 1 atom stereocenters. The van der Waals surface area contributed by atoms with Crippen molar-refractivity contribution in [3.8, 4) is 0 Å². The highest BCUT2D eigenvalue weighted by Crippen LogP contribution is 2.27. The number of thioether (sulfide) groups is 1. The van der Waals surface area contributed by atoms with Crippen molar-refractivity contribution in [3.63, 3.8) is 0 Å². The molecule has 30 heavy (non-hydrogen) atoms. The molecule has 0 aliphatic carbocycles. The van der Waals surface area contributed by atoms with E-state index in [1.807, 2.05) is 38.1 Å². The zero-order valence-electron chi connectivity index (χ0n) is 17.1. The average molecular weight is 488 g/mol. The highest BCUT2D eigenvalue weighted by Gasteiger charge is 2.27. The summed E-state index contributed by atoms with van der Waals surface area (Å²) >= 11 is 20.3. The molecule has 8 heteroatoms. The van der Waals surface area contributed by atoms with E-state index in [4.69, 9.17) is 34.8 Å². The molecule has 0 fully saturated rings. The molecule has 0 aromatic heterocycles. The Labute approximate surface area is 197 Å². The van der Waals surface area contributed by atoms with Gasteiger partial charge in [0.25, 0.3) is 0 Å². The van der Waals surface area contributed by atoms with E-state index in [0.29, 0.717) is 26.4 Å². The number of nitrogens with one attached hydrogen (secondary N) is 1. The molecule has 0 heterocycles. The van der Waals surface area contributed by atoms with Crippen molar-refractivity contribution in [3.05, 3.63) is 68.7 Å². The molecule has 162 valence electrons. The summed E-state index contributed by atoms with van der Waals surface area (Å²) in [6.45, 7) is 5.61. The van der Waals surface area contributed by atoms with Crippen LogP contribution in [0.5, 0.6) is 0 Å². The van der Waals surface area contributed by atoms with Gasteiger partial charge in [0.1, 0.15) is 6.04 Å². The van der Waals surface area contributed by atoms with E-state index in [9.17, 15) is 9.59 Å². The second kappa shape index (κ2) is 11.8. The average Bonchev–Trinajstić information content (AvgIpc) is 2.68. The molecule has 4 nitrogen and oxygen atoms in total. The van der Waals surface area contributed by atoms with Crippen LogP contribution >= 0.6 is 46.6 Å². The third-order valence-electron chi connectivity index (χ3n) is 4.43. The van der Waals surface area contributed by atoms with Gasteiger partial charge in [-0.15, -0.1) is 11.8 Å². The monoisotopic (exact) mass is 486 g/mol. The first kappa shape index (κ1) is 24.9. The molecular weight excluding hydrogens is 463 g/mol. The van der Waals surface area contributed by atoms with Gasteiger partial charge in [-0.2, -0.15) is 0 Å². The Bertz CT molecular complexity index is 872. The molecule has 2 aromatic carbocycles. The van der Waals surface area contributed by atoms with E-state index in [-0.39, 0.29) is 30.2 Å². The molecular formula is C22H25Cl3N2O2S. The van der Waals surface area contributed by atoms with Crippen molar-refractivity contribution in [1.82, 2.24) is 10.2 Å². The first-order chi connectivity index (χ1) is 14.2. The van der Waals surface area contributed by atoms with Crippen molar-refractivity contribution in [2.45, 2.75) is 45.2 Å². The van der Waals surface area contributed by atoms with Crippen LogP contribution in [0.1, 0.15) is 31.9 Å². The third-order valence-corrected chi connectivity index (χ3v) is 6.47. The lowest BCUT2D eigenvalue weighted by atomic mass is 10.1. The molecule has 2 aromatic rings. The lowest BCUT2D eigenvalue weighted by molar-refractivity contribution is -0.138. The molecule has 1 N–H and O–H groups in total. The summed E-state index contributed by atoms with van der Waals surface area (Å²) in [5.74, 6) is 0.401. The summed E-state index contributed by atoms with van der Waals surface area (Å²) in [5, 5.41) is 4.45. The van der Waals surface area contributed by atoms with Crippen molar-refractivity contribution in [1.29, 1.82) is 0 Å². The summed E-state index contributed by atoms with van der Waals surface area (Å²) in [6.07, 6.45) is 0. The fraction of sp³-hybridized carbons (Fsp3) is 0.364. The van der Waals surface area contributed by atoms with Crippen LogP contribution in [0.15, 0.2) is 42.5 Å². The normalized spacial score (nSPS) is 12.0. The number of rotatable bonds is 9. The SMILES string of the molecule is CC(C)NC(=O)[C@@H](C)N(Cc1c(Cl)cccc1Cl)C(=O)CSCc1ccccc1Cl.